The molecule has 0 amide bonds. The number of rotatable bonds is 4. The van der Waals surface area contributed by atoms with Gasteiger partial charge in [-0.3, -0.25) is 0 Å². The molecule has 0 bridgehead atoms. The van der Waals surface area contributed by atoms with Crippen LogP contribution >= 0.6 is 11.3 Å². The molecule has 1 rings (SSSR count). The Morgan fingerprint density at radius 3 is 2.79 bits per heavy atom. The molecule has 1 unspecified atom stereocenters. The van der Waals surface area contributed by atoms with Crippen LogP contribution in [0.25, 0.3) is 0 Å². The molecule has 0 aliphatic carbocycles. The molecule has 0 spiro atoms. The van der Waals surface area contributed by atoms with Crippen LogP contribution in [0.4, 0.5) is 5.69 Å². The van der Waals surface area contributed by atoms with Crippen molar-refractivity contribution >= 4 is 27.0 Å². The van der Waals surface area contributed by atoms with Crippen molar-refractivity contribution in [3.05, 3.63) is 11.4 Å². The summed E-state index contributed by atoms with van der Waals surface area (Å²) < 4.78 is 25.6. The molecule has 0 aromatic carbocycles. The van der Waals surface area contributed by atoms with E-state index in [9.17, 15) is 8.42 Å². The Morgan fingerprint density at radius 2 is 2.36 bits per heavy atom. The minimum atomic E-state index is -3.52. The Hall–Kier alpha value is -0.630. The van der Waals surface area contributed by atoms with Gasteiger partial charge in [0.15, 0.2) is 0 Å². The van der Waals surface area contributed by atoms with Gasteiger partial charge in [-0.15, -0.1) is 11.3 Å². The molecule has 0 saturated carbocycles. The number of aliphatic hydroxyl groups excluding tert-OH is 1. The van der Waals surface area contributed by atoms with Crippen LogP contribution in [0.5, 0.6) is 0 Å². The molecule has 0 radical (unpaired) electrons. The third kappa shape index (κ3) is 2.68. The number of nitrogens with two attached hydrogens (primary N) is 1. The van der Waals surface area contributed by atoms with E-state index >= 15 is 0 Å². The van der Waals surface area contributed by atoms with Crippen molar-refractivity contribution in [1.82, 2.24) is 4.72 Å². The van der Waals surface area contributed by atoms with Gasteiger partial charge in [0.2, 0.25) is 10.0 Å². The highest BCUT2D eigenvalue weighted by Crippen LogP contribution is 2.21. The van der Waals surface area contributed by atoms with Gasteiger partial charge in [-0.05, 0) is 13.0 Å². The fourth-order valence-electron chi connectivity index (χ4n) is 0.831. The lowest BCUT2D eigenvalue weighted by Gasteiger charge is -2.09. The molecular weight excluding hydrogens is 224 g/mol. The molecule has 1 atom stereocenters. The van der Waals surface area contributed by atoms with Gasteiger partial charge < -0.3 is 10.8 Å². The molecule has 80 valence electrons. The molecular formula is C7H12N2O3S2. The van der Waals surface area contributed by atoms with Crippen LogP contribution in [0.15, 0.2) is 15.7 Å². The maximum absolute atomic E-state index is 11.5. The van der Waals surface area contributed by atoms with Gasteiger partial charge in [0, 0.05) is 17.1 Å². The topological polar surface area (TPSA) is 92.4 Å². The minimum Gasteiger partial charge on any atom is -0.398 e. The lowest BCUT2D eigenvalue weighted by Crippen LogP contribution is -2.34. The summed E-state index contributed by atoms with van der Waals surface area (Å²) in [6.45, 7) is 1.34. The van der Waals surface area contributed by atoms with E-state index in [0.717, 1.165) is 11.3 Å². The summed E-state index contributed by atoms with van der Waals surface area (Å²) >= 11 is 1.05. The van der Waals surface area contributed by atoms with Crippen molar-refractivity contribution in [2.75, 3.05) is 12.3 Å². The molecule has 1 aromatic rings. The van der Waals surface area contributed by atoms with Crippen molar-refractivity contribution in [2.24, 2.45) is 0 Å². The highest BCUT2D eigenvalue weighted by atomic mass is 32.2. The van der Waals surface area contributed by atoms with Crippen molar-refractivity contribution in [3.8, 4) is 0 Å². The maximum atomic E-state index is 11.5. The van der Waals surface area contributed by atoms with Crippen LogP contribution in [0.2, 0.25) is 0 Å². The summed E-state index contributed by atoms with van der Waals surface area (Å²) in [5.74, 6) is 0. The van der Waals surface area contributed by atoms with Crippen molar-refractivity contribution in [3.63, 3.8) is 0 Å². The van der Waals surface area contributed by atoms with E-state index in [0.29, 0.717) is 5.69 Å². The number of sulfonamides is 1. The minimum absolute atomic E-state index is 0.162. The van der Waals surface area contributed by atoms with Gasteiger partial charge in [-0.1, -0.05) is 0 Å². The molecule has 4 N–H and O–H groups in total. The molecule has 7 heteroatoms. The number of anilines is 1. The van der Waals surface area contributed by atoms with Gasteiger partial charge in [0.1, 0.15) is 4.21 Å². The lowest BCUT2D eigenvalue weighted by atomic mass is 10.4. The Balaban J connectivity index is 2.86. The number of hydrogen-bond acceptors (Lipinski definition) is 5. The third-order valence-corrected chi connectivity index (χ3v) is 4.54. The maximum Gasteiger partial charge on any atom is 0.250 e. The van der Waals surface area contributed by atoms with Crippen molar-refractivity contribution in [2.45, 2.75) is 17.2 Å². The number of hydrogen-bond donors (Lipinski definition) is 3. The lowest BCUT2D eigenvalue weighted by molar-refractivity contribution is 0.265. The number of nitrogens with one attached hydrogen (secondary N) is 1. The fraction of sp³-hybridized carbons (Fsp3) is 0.429. The quantitative estimate of drug-likeness (QED) is 0.685. The van der Waals surface area contributed by atoms with E-state index in [1.165, 1.54) is 6.07 Å². The SMILES string of the molecule is CC(CO)NS(=O)(=O)c1cc(N)cs1. The van der Waals surface area contributed by atoms with E-state index in [1.54, 1.807) is 12.3 Å². The van der Waals surface area contributed by atoms with Crippen molar-refractivity contribution in [1.29, 1.82) is 0 Å². The third-order valence-electron chi connectivity index (χ3n) is 1.49. The zero-order chi connectivity index (χ0) is 10.8. The van der Waals surface area contributed by atoms with Crippen LogP contribution in [0, 0.1) is 0 Å². The fourth-order valence-corrected chi connectivity index (χ4v) is 3.16. The Morgan fingerprint density at radius 1 is 1.71 bits per heavy atom. The molecule has 1 heterocycles. The van der Waals surface area contributed by atoms with Gasteiger partial charge in [0.05, 0.1) is 6.61 Å². The highest BCUT2D eigenvalue weighted by molar-refractivity contribution is 7.91. The second-order valence-electron chi connectivity index (χ2n) is 2.90. The smallest absolute Gasteiger partial charge is 0.250 e. The zero-order valence-corrected chi connectivity index (χ0v) is 9.23. The van der Waals surface area contributed by atoms with E-state index in [4.69, 9.17) is 10.8 Å². The summed E-state index contributed by atoms with van der Waals surface area (Å²) in [5.41, 5.74) is 5.83. The molecule has 0 fully saturated rings. The first-order valence-electron chi connectivity index (χ1n) is 3.93. The Kier molecular flexibility index (Phi) is 3.48. The van der Waals surface area contributed by atoms with Crippen LogP contribution in [-0.4, -0.2) is 26.2 Å². The number of aliphatic hydroxyl groups is 1. The largest absolute Gasteiger partial charge is 0.398 e. The van der Waals surface area contributed by atoms with E-state index in [2.05, 4.69) is 4.72 Å². The molecule has 0 aliphatic rings. The average Bonchev–Trinajstić information content (AvgIpc) is 2.51. The normalized spacial score (nSPS) is 14.1. The van der Waals surface area contributed by atoms with E-state index in [1.807, 2.05) is 0 Å². The predicted octanol–water partition coefficient (Wildman–Crippen LogP) is -0.0106. The van der Waals surface area contributed by atoms with Crippen LogP contribution in [0.1, 0.15) is 6.92 Å². The summed E-state index contributed by atoms with van der Waals surface area (Å²) in [5, 5.41) is 10.3. The standard InChI is InChI=1S/C7H12N2O3S2/c1-5(3-10)9-14(11,12)7-2-6(8)4-13-7/h2,4-5,9-10H,3,8H2,1H3. The predicted molar refractivity (Wildman–Crippen MR) is 55.6 cm³/mol. The van der Waals surface area contributed by atoms with E-state index in [-0.39, 0.29) is 10.8 Å². The average molecular weight is 236 g/mol. The van der Waals surface area contributed by atoms with Crippen LogP contribution in [0.3, 0.4) is 0 Å². The molecule has 5 nitrogen and oxygen atoms in total. The molecule has 0 saturated heterocycles. The zero-order valence-electron chi connectivity index (χ0n) is 7.60. The first kappa shape index (κ1) is 11.4. The van der Waals surface area contributed by atoms with E-state index < -0.39 is 16.1 Å². The number of thiophene rings is 1. The first-order valence-corrected chi connectivity index (χ1v) is 6.29. The summed E-state index contributed by atoms with van der Waals surface area (Å²) in [4.78, 5) is 0. The van der Waals surface area contributed by atoms with Gasteiger partial charge in [-0.25, -0.2) is 13.1 Å². The first-order chi connectivity index (χ1) is 6.45. The molecule has 1 aromatic heterocycles. The Bertz CT molecular complexity index is 399. The van der Waals surface area contributed by atoms with Crippen LogP contribution < -0.4 is 10.5 Å². The second-order valence-corrected chi connectivity index (χ2v) is 5.76. The van der Waals surface area contributed by atoms with Crippen molar-refractivity contribution < 1.29 is 13.5 Å². The number of nitrogen functional groups attached to an aromatic ring is 1. The highest BCUT2D eigenvalue weighted by Gasteiger charge is 2.18. The molecule has 14 heavy (non-hydrogen) atoms. The monoisotopic (exact) mass is 236 g/mol. The van der Waals surface area contributed by atoms with Gasteiger partial charge >= 0.3 is 0 Å². The summed E-state index contributed by atoms with van der Waals surface area (Å²) in [7, 11) is -3.52. The summed E-state index contributed by atoms with van der Waals surface area (Å²) in [6, 6.07) is 0.889. The van der Waals surface area contributed by atoms with Gasteiger partial charge in [0.25, 0.3) is 0 Å². The second kappa shape index (κ2) is 4.26. The summed E-state index contributed by atoms with van der Waals surface area (Å²) in [6.07, 6.45) is 0. The van der Waals surface area contributed by atoms with Crippen LogP contribution in [-0.2, 0) is 10.0 Å². The molecule has 0 aliphatic heterocycles. The van der Waals surface area contributed by atoms with Gasteiger partial charge in [-0.2, -0.15) is 0 Å². The Labute approximate surface area is 86.6 Å².